The van der Waals surface area contributed by atoms with Gasteiger partial charge in [0, 0.05) is 18.7 Å². The third-order valence-corrected chi connectivity index (χ3v) is 3.51. The topological polar surface area (TPSA) is 32.8 Å². The Kier molecular flexibility index (Phi) is 2.79. The number of nitrogens with zero attached hydrogens (tertiary/aromatic N) is 1. The lowest BCUT2D eigenvalue weighted by Gasteiger charge is -2.23. The highest BCUT2D eigenvalue weighted by Crippen LogP contribution is 2.39. The highest BCUT2D eigenvalue weighted by Gasteiger charge is 2.48. The number of unbranched alkanes of at least 4 members (excludes halogenated alkanes) is 1. The average Bonchev–Trinajstić information content (AvgIpc) is 2.92. The number of epoxide rings is 1. The molecule has 2 rings (SSSR count). The van der Waals surface area contributed by atoms with E-state index in [1.54, 1.807) is 0 Å². The van der Waals surface area contributed by atoms with E-state index in [0.717, 1.165) is 25.1 Å². The number of hydrogen-bond donors (Lipinski definition) is 0. The van der Waals surface area contributed by atoms with E-state index in [1.807, 2.05) is 16.7 Å². The number of fused-ring (bicyclic) bond motifs is 1. The summed E-state index contributed by atoms with van der Waals surface area (Å²) in [5.41, 5.74) is 0.291. The number of thioether (sulfide) groups is 1. The van der Waals surface area contributed by atoms with Crippen LogP contribution in [0, 0.1) is 0 Å². The van der Waals surface area contributed by atoms with Gasteiger partial charge in [-0.3, -0.25) is 4.79 Å². The highest BCUT2D eigenvalue weighted by molar-refractivity contribution is 8.00. The molecule has 0 aromatic carbocycles. The van der Waals surface area contributed by atoms with Crippen LogP contribution >= 0.6 is 11.8 Å². The first kappa shape index (κ1) is 9.34. The van der Waals surface area contributed by atoms with Crippen LogP contribution < -0.4 is 0 Å². The van der Waals surface area contributed by atoms with Crippen LogP contribution in [0.2, 0.25) is 0 Å². The second kappa shape index (κ2) is 3.88. The number of amides is 1. The Morgan fingerprint density at radius 2 is 2.54 bits per heavy atom. The van der Waals surface area contributed by atoms with Crippen LogP contribution in [0.15, 0.2) is 0 Å². The number of carbonyl (C=O) groups excluding carboxylic acids is 1. The van der Waals surface area contributed by atoms with Gasteiger partial charge in [0.1, 0.15) is 0 Å². The van der Waals surface area contributed by atoms with Crippen LogP contribution in [-0.2, 0) is 9.53 Å². The molecule has 0 N–H and O–H groups in total. The molecule has 2 aliphatic rings. The van der Waals surface area contributed by atoms with Gasteiger partial charge in [-0.2, -0.15) is 0 Å². The van der Waals surface area contributed by atoms with E-state index >= 15 is 0 Å². The summed E-state index contributed by atoms with van der Waals surface area (Å²) >= 11 is 1.82. The molecule has 0 aromatic rings. The maximum atomic E-state index is 11.6. The van der Waals surface area contributed by atoms with Crippen molar-refractivity contribution in [2.24, 2.45) is 0 Å². The standard InChI is InChI=1S/C9H15NO2S/c1-2-3-4-7(11)10-5-6-13-9-8(10)12-9/h8-9H,2-6H2,1H3. The van der Waals surface area contributed by atoms with Gasteiger partial charge in [0.15, 0.2) is 11.7 Å². The summed E-state index contributed by atoms with van der Waals surface area (Å²) in [7, 11) is 0. The monoisotopic (exact) mass is 201 g/mol. The molecule has 0 spiro atoms. The SMILES string of the molecule is CCCCC(=O)N1CCSC2OC21. The largest absolute Gasteiger partial charge is 0.336 e. The van der Waals surface area contributed by atoms with Gasteiger partial charge >= 0.3 is 0 Å². The molecule has 13 heavy (non-hydrogen) atoms. The molecule has 1 amide bonds. The summed E-state index contributed by atoms with van der Waals surface area (Å²) in [4.78, 5) is 13.5. The van der Waals surface area contributed by atoms with E-state index in [1.165, 1.54) is 0 Å². The van der Waals surface area contributed by atoms with Gasteiger partial charge in [-0.05, 0) is 6.42 Å². The van der Waals surface area contributed by atoms with Gasteiger partial charge in [0.2, 0.25) is 5.91 Å². The second-order valence-corrected chi connectivity index (χ2v) is 4.66. The fourth-order valence-corrected chi connectivity index (χ4v) is 2.61. The molecule has 0 aliphatic carbocycles. The zero-order valence-corrected chi connectivity index (χ0v) is 8.68. The first-order chi connectivity index (χ1) is 6.33. The lowest BCUT2D eigenvalue weighted by molar-refractivity contribution is -0.133. The fraction of sp³-hybridized carbons (Fsp3) is 0.889. The second-order valence-electron chi connectivity index (χ2n) is 3.46. The molecule has 2 atom stereocenters. The maximum absolute atomic E-state index is 11.6. The average molecular weight is 201 g/mol. The van der Waals surface area contributed by atoms with E-state index in [9.17, 15) is 4.79 Å². The molecule has 3 nitrogen and oxygen atoms in total. The third-order valence-electron chi connectivity index (χ3n) is 2.42. The lowest BCUT2D eigenvalue weighted by atomic mass is 10.2. The number of ether oxygens (including phenoxy) is 1. The molecule has 2 saturated heterocycles. The van der Waals surface area contributed by atoms with Crippen molar-refractivity contribution in [3.05, 3.63) is 0 Å². The fourth-order valence-electron chi connectivity index (χ4n) is 1.57. The molecule has 2 heterocycles. The Bertz CT molecular complexity index is 210. The maximum Gasteiger partial charge on any atom is 0.224 e. The zero-order chi connectivity index (χ0) is 9.26. The van der Waals surface area contributed by atoms with Gasteiger partial charge in [-0.25, -0.2) is 0 Å². The summed E-state index contributed by atoms with van der Waals surface area (Å²) in [6.07, 6.45) is 2.89. The first-order valence-electron chi connectivity index (χ1n) is 4.89. The Morgan fingerprint density at radius 1 is 1.69 bits per heavy atom. The summed E-state index contributed by atoms with van der Waals surface area (Å²) in [5.74, 6) is 1.30. The van der Waals surface area contributed by atoms with Crippen molar-refractivity contribution in [1.82, 2.24) is 4.90 Å². The van der Waals surface area contributed by atoms with Crippen molar-refractivity contribution >= 4 is 17.7 Å². The summed E-state index contributed by atoms with van der Waals surface area (Å²) in [6.45, 7) is 2.98. The third kappa shape index (κ3) is 1.99. The zero-order valence-electron chi connectivity index (χ0n) is 7.86. The van der Waals surface area contributed by atoms with Crippen LogP contribution in [0.1, 0.15) is 26.2 Å². The molecule has 2 fully saturated rings. The van der Waals surface area contributed by atoms with Gasteiger partial charge < -0.3 is 9.64 Å². The number of carbonyl (C=O) groups is 1. The van der Waals surface area contributed by atoms with Crippen LogP contribution in [0.25, 0.3) is 0 Å². The predicted molar refractivity (Wildman–Crippen MR) is 52.4 cm³/mol. The molecule has 0 aromatic heterocycles. The van der Waals surface area contributed by atoms with E-state index < -0.39 is 0 Å². The van der Waals surface area contributed by atoms with Crippen molar-refractivity contribution in [1.29, 1.82) is 0 Å². The Hall–Kier alpha value is -0.220. The Labute approximate surface area is 82.8 Å². The minimum Gasteiger partial charge on any atom is -0.336 e. The van der Waals surface area contributed by atoms with Crippen molar-refractivity contribution in [2.45, 2.75) is 37.9 Å². The summed E-state index contributed by atoms with van der Waals surface area (Å²) in [6, 6.07) is 0. The molecule has 2 aliphatic heterocycles. The Balaban J connectivity index is 1.82. The lowest BCUT2D eigenvalue weighted by Crippen LogP contribution is -2.38. The normalized spacial score (nSPS) is 31.3. The van der Waals surface area contributed by atoms with Crippen molar-refractivity contribution in [2.75, 3.05) is 12.3 Å². The molecule has 4 heteroatoms. The van der Waals surface area contributed by atoms with Crippen LogP contribution in [0.5, 0.6) is 0 Å². The van der Waals surface area contributed by atoms with E-state index in [0.29, 0.717) is 11.9 Å². The molecular weight excluding hydrogens is 186 g/mol. The van der Waals surface area contributed by atoms with Crippen LogP contribution in [0.3, 0.4) is 0 Å². The highest BCUT2D eigenvalue weighted by atomic mass is 32.2. The summed E-state index contributed by atoms with van der Waals surface area (Å²) < 4.78 is 5.36. The minimum absolute atomic E-state index is 0.114. The van der Waals surface area contributed by atoms with Gasteiger partial charge in [-0.1, -0.05) is 13.3 Å². The predicted octanol–water partition coefficient (Wildman–Crippen LogP) is 1.43. The molecule has 0 radical (unpaired) electrons. The first-order valence-corrected chi connectivity index (χ1v) is 5.94. The van der Waals surface area contributed by atoms with Gasteiger partial charge in [0.05, 0.1) is 0 Å². The van der Waals surface area contributed by atoms with Crippen molar-refractivity contribution in [3.8, 4) is 0 Å². The number of hydrogen-bond acceptors (Lipinski definition) is 3. The van der Waals surface area contributed by atoms with Crippen LogP contribution in [0.4, 0.5) is 0 Å². The van der Waals surface area contributed by atoms with Gasteiger partial charge in [-0.15, -0.1) is 11.8 Å². The molecule has 0 saturated carbocycles. The summed E-state index contributed by atoms with van der Waals surface area (Å²) in [5, 5.41) is 0. The molecule has 2 unspecified atom stereocenters. The molecular formula is C9H15NO2S. The van der Waals surface area contributed by atoms with Crippen LogP contribution in [-0.4, -0.2) is 34.8 Å². The molecule has 0 bridgehead atoms. The quantitative estimate of drug-likeness (QED) is 0.648. The van der Waals surface area contributed by atoms with Crippen molar-refractivity contribution < 1.29 is 9.53 Å². The Morgan fingerprint density at radius 3 is 3.31 bits per heavy atom. The van der Waals surface area contributed by atoms with Crippen molar-refractivity contribution in [3.63, 3.8) is 0 Å². The smallest absolute Gasteiger partial charge is 0.224 e. The molecule has 74 valence electrons. The van der Waals surface area contributed by atoms with E-state index in [4.69, 9.17) is 4.74 Å². The minimum atomic E-state index is 0.114. The van der Waals surface area contributed by atoms with E-state index in [2.05, 4.69) is 6.92 Å². The number of rotatable bonds is 3. The van der Waals surface area contributed by atoms with E-state index in [-0.39, 0.29) is 12.1 Å². The van der Waals surface area contributed by atoms with Gasteiger partial charge in [0.25, 0.3) is 0 Å².